The summed E-state index contributed by atoms with van der Waals surface area (Å²) in [7, 11) is 3.12. The quantitative estimate of drug-likeness (QED) is 0.828. The molecule has 0 amide bonds. The molecule has 1 aromatic rings. The Kier molecular flexibility index (Phi) is 4.25. The summed E-state index contributed by atoms with van der Waals surface area (Å²) in [5, 5.41) is 12.3. The van der Waals surface area contributed by atoms with Crippen molar-refractivity contribution in [3.05, 3.63) is 6.07 Å². The smallest absolute Gasteiger partial charge is 0.320 e. The van der Waals surface area contributed by atoms with Crippen LogP contribution in [-0.4, -0.2) is 60.9 Å². The lowest BCUT2D eigenvalue weighted by atomic mass is 9.76. The number of rotatable bonds is 4. The van der Waals surface area contributed by atoms with Crippen molar-refractivity contribution in [2.24, 2.45) is 5.41 Å². The van der Waals surface area contributed by atoms with Gasteiger partial charge in [0.2, 0.25) is 17.7 Å². The number of carboxylic acid groups (broad SMARTS) is 1. The molecule has 8 heteroatoms. The Labute approximate surface area is 134 Å². The molecule has 0 unspecified atom stereocenters. The fraction of sp³-hybridized carbons (Fsp3) is 0.667. The zero-order chi connectivity index (χ0) is 16.4. The number of carbonyl (C=O) groups is 1. The molecule has 1 atom stereocenters. The van der Waals surface area contributed by atoms with E-state index in [-0.39, 0.29) is 5.41 Å². The van der Waals surface area contributed by atoms with Gasteiger partial charge in [-0.2, -0.15) is 9.97 Å². The van der Waals surface area contributed by atoms with Crippen LogP contribution in [0.4, 0.5) is 5.95 Å². The molecule has 3 heterocycles. The molecule has 2 N–H and O–H groups in total. The zero-order valence-corrected chi connectivity index (χ0v) is 13.4. The predicted molar refractivity (Wildman–Crippen MR) is 83.1 cm³/mol. The van der Waals surface area contributed by atoms with E-state index in [1.807, 2.05) is 0 Å². The summed E-state index contributed by atoms with van der Waals surface area (Å²) in [5.74, 6) is 0.781. The molecule has 3 rings (SSSR count). The van der Waals surface area contributed by atoms with E-state index < -0.39 is 12.0 Å². The first-order valence-corrected chi connectivity index (χ1v) is 7.73. The second-order valence-corrected chi connectivity index (χ2v) is 6.22. The molecule has 2 saturated heterocycles. The maximum absolute atomic E-state index is 11.1. The van der Waals surface area contributed by atoms with E-state index in [2.05, 4.69) is 20.2 Å². The number of carboxylic acids is 1. The molecule has 2 fully saturated rings. The highest BCUT2D eigenvalue weighted by Crippen LogP contribution is 2.40. The van der Waals surface area contributed by atoms with Gasteiger partial charge in [0.1, 0.15) is 6.04 Å². The van der Waals surface area contributed by atoms with Crippen molar-refractivity contribution in [1.82, 2.24) is 15.3 Å². The van der Waals surface area contributed by atoms with Crippen LogP contribution in [0.2, 0.25) is 0 Å². The van der Waals surface area contributed by atoms with E-state index >= 15 is 0 Å². The summed E-state index contributed by atoms with van der Waals surface area (Å²) < 4.78 is 10.4. The van der Waals surface area contributed by atoms with Crippen molar-refractivity contribution in [2.75, 3.05) is 38.8 Å². The predicted octanol–water partition coefficient (Wildman–Crippen LogP) is 0.527. The number of methoxy groups -OCH3 is 2. The monoisotopic (exact) mass is 322 g/mol. The molecule has 0 saturated carbocycles. The molecule has 2 aliphatic heterocycles. The summed E-state index contributed by atoms with van der Waals surface area (Å²) in [5.41, 5.74) is 0.0719. The number of aliphatic carboxylic acids is 1. The molecule has 2 aliphatic rings. The maximum atomic E-state index is 11.1. The normalized spacial score (nSPS) is 23.0. The third-order valence-corrected chi connectivity index (χ3v) is 4.85. The SMILES string of the molecule is COc1cc(OC)nc(N2CCC3(CC2)CN[C@H](C(=O)O)C3)n1. The number of anilines is 1. The van der Waals surface area contributed by atoms with Gasteiger partial charge in [-0.3, -0.25) is 4.79 Å². The molecule has 0 radical (unpaired) electrons. The van der Waals surface area contributed by atoms with E-state index in [1.165, 1.54) is 0 Å². The second-order valence-electron chi connectivity index (χ2n) is 6.22. The molecule has 0 aliphatic carbocycles. The fourth-order valence-corrected chi connectivity index (χ4v) is 3.40. The van der Waals surface area contributed by atoms with Crippen LogP contribution in [0, 0.1) is 5.41 Å². The number of nitrogens with one attached hydrogen (secondary N) is 1. The summed E-state index contributed by atoms with van der Waals surface area (Å²) >= 11 is 0. The molecule has 8 nitrogen and oxygen atoms in total. The molecular weight excluding hydrogens is 300 g/mol. The van der Waals surface area contributed by atoms with Crippen molar-refractivity contribution in [3.63, 3.8) is 0 Å². The summed E-state index contributed by atoms with van der Waals surface area (Å²) in [6.45, 7) is 2.36. The summed E-state index contributed by atoms with van der Waals surface area (Å²) in [6, 6.07) is 1.22. The Morgan fingerprint density at radius 2 is 1.91 bits per heavy atom. The van der Waals surface area contributed by atoms with E-state index in [0.717, 1.165) is 32.5 Å². The van der Waals surface area contributed by atoms with Gasteiger partial charge in [-0.05, 0) is 24.7 Å². The minimum atomic E-state index is -0.759. The lowest BCUT2D eigenvalue weighted by Gasteiger charge is -2.39. The highest BCUT2D eigenvalue weighted by Gasteiger charge is 2.43. The molecule has 0 aromatic carbocycles. The van der Waals surface area contributed by atoms with Gasteiger partial charge in [0, 0.05) is 19.6 Å². The number of nitrogens with zero attached hydrogens (tertiary/aromatic N) is 3. The van der Waals surface area contributed by atoms with Crippen molar-refractivity contribution in [3.8, 4) is 11.8 Å². The summed E-state index contributed by atoms with van der Waals surface area (Å²) in [6.07, 6.45) is 2.54. The van der Waals surface area contributed by atoms with Gasteiger partial charge < -0.3 is 24.8 Å². The molecule has 1 spiro atoms. The van der Waals surface area contributed by atoms with Crippen molar-refractivity contribution in [1.29, 1.82) is 0 Å². The lowest BCUT2D eigenvalue weighted by molar-refractivity contribution is -0.139. The average molecular weight is 322 g/mol. The van der Waals surface area contributed by atoms with Gasteiger partial charge in [0.15, 0.2) is 0 Å². The van der Waals surface area contributed by atoms with Gasteiger partial charge in [0.05, 0.1) is 20.3 Å². The number of aromatic nitrogens is 2. The number of hydrogen-bond acceptors (Lipinski definition) is 7. The van der Waals surface area contributed by atoms with Crippen LogP contribution in [0.5, 0.6) is 11.8 Å². The Balaban J connectivity index is 1.69. The number of hydrogen-bond donors (Lipinski definition) is 2. The van der Waals surface area contributed by atoms with Crippen LogP contribution in [0.3, 0.4) is 0 Å². The van der Waals surface area contributed by atoms with Crippen LogP contribution in [0.15, 0.2) is 6.07 Å². The molecule has 23 heavy (non-hydrogen) atoms. The minimum absolute atomic E-state index is 0.0719. The van der Waals surface area contributed by atoms with E-state index in [0.29, 0.717) is 24.1 Å². The fourth-order valence-electron chi connectivity index (χ4n) is 3.40. The third kappa shape index (κ3) is 3.17. The second kappa shape index (κ2) is 6.19. The van der Waals surface area contributed by atoms with Crippen LogP contribution in [-0.2, 0) is 4.79 Å². The van der Waals surface area contributed by atoms with Crippen LogP contribution in [0.25, 0.3) is 0 Å². The van der Waals surface area contributed by atoms with Crippen LogP contribution < -0.4 is 19.7 Å². The standard InChI is InChI=1S/C15H22N4O4/c1-22-11-7-12(23-2)18-14(17-11)19-5-3-15(4-6-19)8-10(13(20)21)16-9-15/h7,10,16H,3-6,8-9H2,1-2H3,(H,20,21)/t10-/m0/s1. The minimum Gasteiger partial charge on any atom is -0.481 e. The Bertz CT molecular complexity index is 565. The highest BCUT2D eigenvalue weighted by atomic mass is 16.5. The molecular formula is C15H22N4O4. The van der Waals surface area contributed by atoms with Crippen molar-refractivity contribution < 1.29 is 19.4 Å². The molecule has 126 valence electrons. The van der Waals surface area contributed by atoms with Crippen molar-refractivity contribution in [2.45, 2.75) is 25.3 Å². The average Bonchev–Trinajstić information content (AvgIpc) is 2.99. The topological polar surface area (TPSA) is 96.8 Å². The van der Waals surface area contributed by atoms with Gasteiger partial charge in [-0.15, -0.1) is 0 Å². The van der Waals surface area contributed by atoms with Crippen LogP contribution in [0.1, 0.15) is 19.3 Å². The van der Waals surface area contributed by atoms with Crippen LogP contribution >= 0.6 is 0 Å². The zero-order valence-electron chi connectivity index (χ0n) is 13.4. The maximum Gasteiger partial charge on any atom is 0.320 e. The largest absolute Gasteiger partial charge is 0.481 e. The summed E-state index contributed by atoms with van der Waals surface area (Å²) in [4.78, 5) is 22.0. The van der Waals surface area contributed by atoms with Gasteiger partial charge in [0.25, 0.3) is 0 Å². The first-order chi connectivity index (χ1) is 11.0. The van der Waals surface area contributed by atoms with Gasteiger partial charge >= 0.3 is 5.97 Å². The Morgan fingerprint density at radius 1 is 1.30 bits per heavy atom. The third-order valence-electron chi connectivity index (χ3n) is 4.85. The van der Waals surface area contributed by atoms with Gasteiger partial charge in [-0.25, -0.2) is 0 Å². The van der Waals surface area contributed by atoms with E-state index in [4.69, 9.17) is 14.6 Å². The van der Waals surface area contributed by atoms with Crippen molar-refractivity contribution >= 4 is 11.9 Å². The Hall–Kier alpha value is -2.09. The van der Waals surface area contributed by atoms with E-state index in [9.17, 15) is 4.79 Å². The molecule has 1 aromatic heterocycles. The van der Waals surface area contributed by atoms with E-state index in [1.54, 1.807) is 20.3 Å². The highest BCUT2D eigenvalue weighted by molar-refractivity contribution is 5.74. The molecule has 0 bridgehead atoms. The first-order valence-electron chi connectivity index (χ1n) is 7.73. The first kappa shape index (κ1) is 15.8. The number of ether oxygens (including phenoxy) is 2. The lowest BCUT2D eigenvalue weighted by Crippen LogP contribution is -2.42. The number of piperidine rings is 1. The van der Waals surface area contributed by atoms with Gasteiger partial charge in [-0.1, -0.05) is 0 Å². The Morgan fingerprint density at radius 3 is 2.39 bits per heavy atom.